The van der Waals surface area contributed by atoms with Gasteiger partial charge in [-0.3, -0.25) is 4.79 Å². The third-order valence-electron chi connectivity index (χ3n) is 2.64. The van der Waals surface area contributed by atoms with Gasteiger partial charge in [0.05, 0.1) is 6.10 Å². The predicted octanol–water partition coefficient (Wildman–Crippen LogP) is 2.56. The fourth-order valence-electron chi connectivity index (χ4n) is 1.67. The van der Waals surface area contributed by atoms with E-state index in [1.54, 1.807) is 31.3 Å². The highest BCUT2D eigenvalue weighted by Crippen LogP contribution is 2.17. The monoisotopic (exact) mass is 286 g/mol. The van der Waals surface area contributed by atoms with Gasteiger partial charge in [-0.25, -0.2) is 0 Å². The highest BCUT2D eigenvalue weighted by atomic mass is 16.5. The Morgan fingerprint density at radius 2 is 1.81 bits per heavy atom. The van der Waals surface area contributed by atoms with Crippen molar-refractivity contribution < 1.29 is 9.53 Å². The fraction of sp³-hybridized carbons (Fsp3) is 0.267. The van der Waals surface area contributed by atoms with Crippen molar-refractivity contribution >= 4 is 17.4 Å². The van der Waals surface area contributed by atoms with E-state index in [0.717, 1.165) is 5.75 Å². The minimum absolute atomic E-state index is 0.117. The van der Waals surface area contributed by atoms with Crippen LogP contribution in [-0.4, -0.2) is 29.3 Å². The highest BCUT2D eigenvalue weighted by molar-refractivity contribution is 6.02. The van der Waals surface area contributed by atoms with Gasteiger partial charge in [-0.15, -0.1) is 10.2 Å². The van der Waals surface area contributed by atoms with Crippen molar-refractivity contribution in [1.29, 1.82) is 0 Å². The van der Waals surface area contributed by atoms with Crippen LogP contribution >= 0.6 is 0 Å². The number of anilines is 2. The third-order valence-corrected chi connectivity index (χ3v) is 2.64. The summed E-state index contributed by atoms with van der Waals surface area (Å²) in [5.74, 6) is 1.07. The zero-order chi connectivity index (χ0) is 15.2. The van der Waals surface area contributed by atoms with Gasteiger partial charge in [0, 0.05) is 12.7 Å². The van der Waals surface area contributed by atoms with Crippen LogP contribution in [0.3, 0.4) is 0 Å². The predicted molar refractivity (Wildman–Crippen MR) is 81.7 cm³/mol. The molecule has 2 N–H and O–H groups in total. The van der Waals surface area contributed by atoms with Crippen LogP contribution in [0.5, 0.6) is 5.75 Å². The molecule has 1 aromatic carbocycles. The minimum atomic E-state index is -0.303. The van der Waals surface area contributed by atoms with Gasteiger partial charge in [0.1, 0.15) is 11.6 Å². The first-order chi connectivity index (χ1) is 10.1. The summed E-state index contributed by atoms with van der Waals surface area (Å²) in [7, 11) is 1.74. The van der Waals surface area contributed by atoms with E-state index in [0.29, 0.717) is 11.5 Å². The number of carbonyl (C=O) groups is 1. The maximum Gasteiger partial charge on any atom is 0.276 e. The quantitative estimate of drug-likeness (QED) is 0.883. The van der Waals surface area contributed by atoms with Gasteiger partial charge in [0.2, 0.25) is 0 Å². The first-order valence-corrected chi connectivity index (χ1v) is 6.68. The van der Waals surface area contributed by atoms with Gasteiger partial charge in [-0.05, 0) is 50.2 Å². The summed E-state index contributed by atoms with van der Waals surface area (Å²) in [5, 5.41) is 13.3. The molecule has 0 fully saturated rings. The average molecular weight is 286 g/mol. The molecule has 0 saturated heterocycles. The van der Waals surface area contributed by atoms with E-state index in [1.165, 1.54) is 0 Å². The van der Waals surface area contributed by atoms with Crippen molar-refractivity contribution in [3.05, 3.63) is 42.1 Å². The Morgan fingerprint density at radius 1 is 1.10 bits per heavy atom. The number of carbonyl (C=O) groups excluding carboxylic acids is 1. The molecule has 0 aliphatic carbocycles. The van der Waals surface area contributed by atoms with E-state index in [9.17, 15) is 4.79 Å². The first-order valence-electron chi connectivity index (χ1n) is 6.68. The van der Waals surface area contributed by atoms with Crippen molar-refractivity contribution in [3.8, 4) is 5.75 Å². The zero-order valence-electron chi connectivity index (χ0n) is 12.3. The van der Waals surface area contributed by atoms with Crippen LogP contribution in [-0.2, 0) is 0 Å². The summed E-state index contributed by atoms with van der Waals surface area (Å²) >= 11 is 0. The number of nitrogens with one attached hydrogen (secondary N) is 2. The van der Waals surface area contributed by atoms with E-state index in [4.69, 9.17) is 4.74 Å². The molecule has 0 aliphatic heterocycles. The zero-order valence-corrected chi connectivity index (χ0v) is 12.3. The number of aromatic nitrogens is 2. The van der Waals surface area contributed by atoms with Crippen LogP contribution in [0, 0.1) is 0 Å². The van der Waals surface area contributed by atoms with Gasteiger partial charge >= 0.3 is 0 Å². The lowest BCUT2D eigenvalue weighted by molar-refractivity contribution is 0.102. The van der Waals surface area contributed by atoms with Gasteiger partial charge in [0.25, 0.3) is 5.91 Å². The molecule has 1 amide bonds. The Balaban J connectivity index is 2.01. The number of ether oxygens (including phenoxy) is 1. The number of nitrogens with zero attached hydrogens (tertiary/aromatic N) is 2. The Hall–Kier alpha value is -2.63. The lowest BCUT2D eigenvalue weighted by Crippen LogP contribution is -2.14. The van der Waals surface area contributed by atoms with Crippen LogP contribution in [0.2, 0.25) is 0 Å². The fourth-order valence-corrected chi connectivity index (χ4v) is 1.67. The highest BCUT2D eigenvalue weighted by Gasteiger charge is 2.08. The molecule has 0 radical (unpaired) electrons. The summed E-state index contributed by atoms with van der Waals surface area (Å²) in [6, 6.07) is 10.5. The van der Waals surface area contributed by atoms with Gasteiger partial charge in [-0.1, -0.05) is 0 Å². The molecule has 0 aliphatic rings. The van der Waals surface area contributed by atoms with Crippen LogP contribution < -0.4 is 15.4 Å². The van der Waals surface area contributed by atoms with Crippen molar-refractivity contribution in [3.63, 3.8) is 0 Å². The third kappa shape index (κ3) is 4.17. The van der Waals surface area contributed by atoms with Gasteiger partial charge in [0.15, 0.2) is 5.69 Å². The summed E-state index contributed by atoms with van der Waals surface area (Å²) in [5.41, 5.74) is 0.937. The molecule has 0 atom stereocenters. The second-order valence-corrected chi connectivity index (χ2v) is 4.70. The lowest BCUT2D eigenvalue weighted by atomic mass is 10.3. The molecule has 110 valence electrons. The molecule has 2 rings (SSSR count). The van der Waals surface area contributed by atoms with E-state index < -0.39 is 0 Å². The number of amides is 1. The van der Waals surface area contributed by atoms with E-state index in [-0.39, 0.29) is 17.7 Å². The van der Waals surface area contributed by atoms with Gasteiger partial charge < -0.3 is 15.4 Å². The summed E-state index contributed by atoms with van der Waals surface area (Å²) in [4.78, 5) is 12.0. The molecule has 6 heteroatoms. The molecule has 0 unspecified atom stereocenters. The summed E-state index contributed by atoms with van der Waals surface area (Å²) in [6.07, 6.45) is 0.117. The lowest BCUT2D eigenvalue weighted by Gasteiger charge is -2.10. The van der Waals surface area contributed by atoms with Crippen molar-refractivity contribution in [1.82, 2.24) is 10.2 Å². The summed E-state index contributed by atoms with van der Waals surface area (Å²) < 4.78 is 5.54. The number of benzene rings is 1. The standard InChI is InChI=1S/C15H18N4O2/c1-10(2)21-12-6-4-11(5-7-12)17-15(20)13-8-9-14(16-3)19-18-13/h4-10H,1-3H3,(H,16,19)(H,17,20). The number of hydrogen-bond donors (Lipinski definition) is 2. The molecule has 0 saturated carbocycles. The van der Waals surface area contributed by atoms with Crippen LogP contribution in [0.15, 0.2) is 36.4 Å². The van der Waals surface area contributed by atoms with Crippen molar-refractivity contribution in [2.75, 3.05) is 17.7 Å². The largest absolute Gasteiger partial charge is 0.491 e. The topological polar surface area (TPSA) is 76.1 Å². The molecular weight excluding hydrogens is 268 g/mol. The maximum absolute atomic E-state index is 12.0. The maximum atomic E-state index is 12.0. The second-order valence-electron chi connectivity index (χ2n) is 4.70. The van der Waals surface area contributed by atoms with Crippen molar-refractivity contribution in [2.24, 2.45) is 0 Å². The SMILES string of the molecule is CNc1ccc(C(=O)Nc2ccc(OC(C)C)cc2)nn1. The molecule has 1 heterocycles. The Labute approximate surface area is 123 Å². The Bertz CT molecular complexity index is 594. The molecule has 6 nitrogen and oxygen atoms in total. The van der Waals surface area contributed by atoms with E-state index in [1.807, 2.05) is 26.0 Å². The molecular formula is C15H18N4O2. The van der Waals surface area contributed by atoms with Crippen molar-refractivity contribution in [2.45, 2.75) is 20.0 Å². The first kappa shape index (κ1) is 14.8. The molecule has 2 aromatic rings. The normalized spacial score (nSPS) is 10.3. The van der Waals surface area contributed by atoms with Crippen LogP contribution in [0.25, 0.3) is 0 Å². The van der Waals surface area contributed by atoms with Gasteiger partial charge in [-0.2, -0.15) is 0 Å². The van der Waals surface area contributed by atoms with E-state index >= 15 is 0 Å². The number of rotatable bonds is 5. The molecule has 0 bridgehead atoms. The van der Waals surface area contributed by atoms with Crippen LogP contribution in [0.1, 0.15) is 24.3 Å². The molecule has 1 aromatic heterocycles. The average Bonchev–Trinajstić information content (AvgIpc) is 2.49. The second kappa shape index (κ2) is 6.69. The Morgan fingerprint density at radius 3 is 2.33 bits per heavy atom. The minimum Gasteiger partial charge on any atom is -0.491 e. The molecule has 0 spiro atoms. The summed E-state index contributed by atoms with van der Waals surface area (Å²) in [6.45, 7) is 3.92. The number of hydrogen-bond acceptors (Lipinski definition) is 5. The Kier molecular flexibility index (Phi) is 4.71. The molecule has 21 heavy (non-hydrogen) atoms. The smallest absolute Gasteiger partial charge is 0.276 e. The van der Waals surface area contributed by atoms with Crippen LogP contribution in [0.4, 0.5) is 11.5 Å². The van der Waals surface area contributed by atoms with E-state index in [2.05, 4.69) is 20.8 Å².